The fourth-order valence-corrected chi connectivity index (χ4v) is 0.789. The molecule has 0 aliphatic heterocycles. The first kappa shape index (κ1) is 9.07. The summed E-state index contributed by atoms with van der Waals surface area (Å²) in [7, 11) is 0. The monoisotopic (exact) mass is 166 g/mol. The van der Waals surface area contributed by atoms with E-state index in [4.69, 9.17) is 9.78 Å². The van der Waals surface area contributed by atoms with E-state index in [1.54, 1.807) is 0 Å². The van der Waals surface area contributed by atoms with E-state index in [0.29, 0.717) is 6.61 Å². The van der Waals surface area contributed by atoms with Gasteiger partial charge in [-0.3, -0.25) is 0 Å². The molecule has 0 saturated carbocycles. The van der Waals surface area contributed by atoms with E-state index in [-0.39, 0.29) is 0 Å². The molecule has 1 rings (SSSR count). The predicted molar refractivity (Wildman–Crippen MR) is 47.9 cm³/mol. The average Bonchev–Trinajstić information content (AvgIpc) is 2.14. The summed E-state index contributed by atoms with van der Waals surface area (Å²) in [6.07, 6.45) is 2.16. The Morgan fingerprint density at radius 1 is 1.17 bits per heavy atom. The number of para-hydroxylation sites is 1. The molecule has 2 heteroatoms. The SMILES string of the molecule is CCCCOOc1ccccc1. The van der Waals surface area contributed by atoms with Crippen LogP contribution in [0, 0.1) is 0 Å². The molecule has 0 aromatic heterocycles. The summed E-state index contributed by atoms with van der Waals surface area (Å²) in [5.41, 5.74) is 0. The molecule has 12 heavy (non-hydrogen) atoms. The van der Waals surface area contributed by atoms with Crippen LogP contribution < -0.4 is 4.89 Å². The van der Waals surface area contributed by atoms with Crippen molar-refractivity contribution in [3.05, 3.63) is 30.3 Å². The molecule has 0 saturated heterocycles. The highest BCUT2D eigenvalue weighted by molar-refractivity contribution is 5.20. The summed E-state index contributed by atoms with van der Waals surface area (Å²) >= 11 is 0. The van der Waals surface area contributed by atoms with Gasteiger partial charge in [-0.25, -0.2) is 0 Å². The molecule has 0 aliphatic rings. The van der Waals surface area contributed by atoms with Crippen molar-refractivity contribution in [1.29, 1.82) is 0 Å². The summed E-state index contributed by atoms with van der Waals surface area (Å²) in [5, 5.41) is 0. The van der Waals surface area contributed by atoms with Gasteiger partial charge in [-0.2, -0.15) is 4.89 Å². The van der Waals surface area contributed by atoms with Gasteiger partial charge in [-0.05, 0) is 18.6 Å². The molecule has 1 aromatic rings. The van der Waals surface area contributed by atoms with Gasteiger partial charge in [0.15, 0.2) is 5.75 Å². The topological polar surface area (TPSA) is 18.5 Å². The number of hydrogen-bond acceptors (Lipinski definition) is 2. The molecular weight excluding hydrogens is 152 g/mol. The highest BCUT2D eigenvalue weighted by atomic mass is 17.2. The first-order chi connectivity index (χ1) is 5.93. The van der Waals surface area contributed by atoms with Gasteiger partial charge in [0.25, 0.3) is 0 Å². The molecule has 66 valence electrons. The molecule has 0 amide bonds. The van der Waals surface area contributed by atoms with Crippen molar-refractivity contribution in [2.24, 2.45) is 0 Å². The van der Waals surface area contributed by atoms with E-state index in [1.807, 2.05) is 30.3 Å². The molecule has 0 N–H and O–H groups in total. The largest absolute Gasteiger partial charge is 0.338 e. The Labute approximate surface area is 73.0 Å². The van der Waals surface area contributed by atoms with E-state index < -0.39 is 0 Å². The molecule has 1 aromatic carbocycles. The highest BCUT2D eigenvalue weighted by Crippen LogP contribution is 2.08. The standard InChI is InChI=1S/C10H14O2/c1-2-3-9-11-12-10-7-5-4-6-8-10/h4-8H,2-3,9H2,1H3. The molecule has 2 nitrogen and oxygen atoms in total. The van der Waals surface area contributed by atoms with Gasteiger partial charge in [0.1, 0.15) is 0 Å². The Kier molecular flexibility index (Phi) is 4.24. The number of hydrogen-bond donors (Lipinski definition) is 0. The van der Waals surface area contributed by atoms with Gasteiger partial charge in [-0.15, -0.1) is 0 Å². The average molecular weight is 166 g/mol. The van der Waals surface area contributed by atoms with E-state index in [9.17, 15) is 0 Å². The minimum absolute atomic E-state index is 0.658. The maximum atomic E-state index is 5.01. The van der Waals surface area contributed by atoms with Crippen LogP contribution in [0.25, 0.3) is 0 Å². The van der Waals surface area contributed by atoms with Crippen molar-refractivity contribution in [3.8, 4) is 5.75 Å². The van der Waals surface area contributed by atoms with Gasteiger partial charge in [0.05, 0.1) is 6.61 Å². The molecule has 0 bridgehead atoms. The van der Waals surface area contributed by atoms with Crippen LogP contribution in [0.4, 0.5) is 0 Å². The minimum Gasteiger partial charge on any atom is -0.338 e. The van der Waals surface area contributed by atoms with Crippen LogP contribution in [0.1, 0.15) is 19.8 Å². The lowest BCUT2D eigenvalue weighted by molar-refractivity contribution is -0.207. The third-order valence-electron chi connectivity index (χ3n) is 1.48. The van der Waals surface area contributed by atoms with E-state index in [0.717, 1.165) is 18.6 Å². The van der Waals surface area contributed by atoms with Gasteiger partial charge in [0.2, 0.25) is 0 Å². The predicted octanol–water partition coefficient (Wildman–Crippen LogP) is 2.80. The number of unbranched alkanes of at least 4 members (excludes halogenated alkanes) is 1. The smallest absolute Gasteiger partial charge is 0.165 e. The van der Waals surface area contributed by atoms with Crippen molar-refractivity contribution in [2.75, 3.05) is 6.61 Å². The summed E-state index contributed by atoms with van der Waals surface area (Å²) in [4.78, 5) is 9.97. The van der Waals surface area contributed by atoms with Crippen LogP contribution >= 0.6 is 0 Å². The quantitative estimate of drug-likeness (QED) is 0.380. The molecule has 0 unspecified atom stereocenters. The van der Waals surface area contributed by atoms with Gasteiger partial charge >= 0.3 is 0 Å². The molecule has 0 spiro atoms. The Bertz CT molecular complexity index is 196. The minimum atomic E-state index is 0.658. The third-order valence-corrected chi connectivity index (χ3v) is 1.48. The fourth-order valence-electron chi connectivity index (χ4n) is 0.789. The third kappa shape index (κ3) is 3.39. The number of benzene rings is 1. The zero-order chi connectivity index (χ0) is 8.65. The van der Waals surface area contributed by atoms with Crippen molar-refractivity contribution >= 4 is 0 Å². The molecule has 0 heterocycles. The van der Waals surface area contributed by atoms with E-state index in [1.165, 1.54) is 0 Å². The van der Waals surface area contributed by atoms with Crippen LogP contribution in [0.15, 0.2) is 30.3 Å². The van der Waals surface area contributed by atoms with Crippen molar-refractivity contribution in [2.45, 2.75) is 19.8 Å². The van der Waals surface area contributed by atoms with Crippen molar-refractivity contribution in [3.63, 3.8) is 0 Å². The second-order valence-electron chi connectivity index (χ2n) is 2.57. The summed E-state index contributed by atoms with van der Waals surface area (Å²) in [6, 6.07) is 9.51. The Balaban J connectivity index is 2.16. The van der Waals surface area contributed by atoms with Gasteiger partial charge in [0, 0.05) is 0 Å². The van der Waals surface area contributed by atoms with Crippen LogP contribution in [-0.2, 0) is 4.89 Å². The molecular formula is C10H14O2. The van der Waals surface area contributed by atoms with Gasteiger partial charge < -0.3 is 4.89 Å². The van der Waals surface area contributed by atoms with E-state index >= 15 is 0 Å². The fraction of sp³-hybridized carbons (Fsp3) is 0.400. The first-order valence-corrected chi connectivity index (χ1v) is 4.28. The zero-order valence-electron chi connectivity index (χ0n) is 7.32. The lowest BCUT2D eigenvalue weighted by Gasteiger charge is -2.02. The van der Waals surface area contributed by atoms with Crippen LogP contribution in [0.3, 0.4) is 0 Å². The van der Waals surface area contributed by atoms with Crippen LogP contribution in [0.2, 0.25) is 0 Å². The Hall–Kier alpha value is -1.02. The molecule has 0 aliphatic carbocycles. The zero-order valence-corrected chi connectivity index (χ0v) is 7.32. The maximum absolute atomic E-state index is 5.01. The second-order valence-corrected chi connectivity index (χ2v) is 2.57. The molecule has 0 atom stereocenters. The summed E-state index contributed by atoms with van der Waals surface area (Å²) < 4.78 is 0. The van der Waals surface area contributed by atoms with Crippen molar-refractivity contribution in [1.82, 2.24) is 0 Å². The lowest BCUT2D eigenvalue weighted by Crippen LogP contribution is -1.98. The molecule has 0 radical (unpaired) electrons. The van der Waals surface area contributed by atoms with Crippen LogP contribution in [-0.4, -0.2) is 6.61 Å². The Morgan fingerprint density at radius 2 is 1.92 bits per heavy atom. The lowest BCUT2D eigenvalue weighted by atomic mass is 10.3. The van der Waals surface area contributed by atoms with Crippen LogP contribution in [0.5, 0.6) is 5.75 Å². The van der Waals surface area contributed by atoms with Crippen molar-refractivity contribution < 1.29 is 9.78 Å². The number of rotatable bonds is 5. The maximum Gasteiger partial charge on any atom is 0.165 e. The van der Waals surface area contributed by atoms with E-state index in [2.05, 4.69) is 6.92 Å². The summed E-state index contributed by atoms with van der Waals surface area (Å²) in [5.74, 6) is 0.758. The highest BCUT2D eigenvalue weighted by Gasteiger charge is 1.90. The molecule has 0 fully saturated rings. The first-order valence-electron chi connectivity index (χ1n) is 4.28. The normalized spacial score (nSPS) is 9.75. The second kappa shape index (κ2) is 5.61. The summed E-state index contributed by atoms with van der Waals surface area (Å²) in [6.45, 7) is 2.78. The van der Waals surface area contributed by atoms with Gasteiger partial charge in [-0.1, -0.05) is 31.5 Å². The Morgan fingerprint density at radius 3 is 2.58 bits per heavy atom.